The quantitative estimate of drug-likeness (QED) is 0.425. The number of aryl methyl sites for hydroxylation is 1. The van der Waals surface area contributed by atoms with Crippen LogP contribution in [-0.2, 0) is 9.59 Å². The summed E-state index contributed by atoms with van der Waals surface area (Å²) in [5, 5.41) is 6.52. The number of nitrogens with zero attached hydrogens (tertiary/aromatic N) is 1. The van der Waals surface area contributed by atoms with Crippen LogP contribution in [0.5, 0.6) is 11.5 Å². The Kier molecular flexibility index (Phi) is 7.37. The molecule has 0 aliphatic rings. The van der Waals surface area contributed by atoms with E-state index in [1.807, 2.05) is 26.0 Å². The number of nitrogens with one attached hydrogen (secondary N) is 2. The van der Waals surface area contributed by atoms with Crippen molar-refractivity contribution >= 4 is 23.7 Å². The van der Waals surface area contributed by atoms with Crippen LogP contribution in [0.3, 0.4) is 0 Å². The number of hydrazone groups is 1. The lowest BCUT2D eigenvalue weighted by atomic mass is 10.2. The van der Waals surface area contributed by atoms with Crippen LogP contribution in [-0.4, -0.2) is 31.7 Å². The lowest BCUT2D eigenvalue weighted by Gasteiger charge is -2.09. The Morgan fingerprint density at radius 3 is 2.48 bits per heavy atom. The van der Waals surface area contributed by atoms with Crippen molar-refractivity contribution in [2.45, 2.75) is 20.3 Å². The van der Waals surface area contributed by atoms with Crippen LogP contribution < -0.4 is 20.2 Å². The van der Waals surface area contributed by atoms with Gasteiger partial charge in [0.2, 0.25) is 11.8 Å². The maximum absolute atomic E-state index is 11.9. The summed E-state index contributed by atoms with van der Waals surface area (Å²) in [5.74, 6) is 0.293. The number of ether oxygens (including phenoxy) is 2. The van der Waals surface area contributed by atoms with Gasteiger partial charge in [0.1, 0.15) is 6.42 Å². The average Bonchev–Trinajstić information content (AvgIpc) is 2.64. The van der Waals surface area contributed by atoms with Gasteiger partial charge in [-0.2, -0.15) is 5.10 Å². The summed E-state index contributed by atoms with van der Waals surface area (Å²) in [4.78, 5) is 23.7. The largest absolute Gasteiger partial charge is 0.493 e. The highest BCUT2D eigenvalue weighted by molar-refractivity contribution is 6.03. The van der Waals surface area contributed by atoms with Crippen molar-refractivity contribution in [2.75, 3.05) is 19.0 Å². The van der Waals surface area contributed by atoms with Crippen molar-refractivity contribution in [3.05, 3.63) is 53.6 Å². The third-order valence-electron chi connectivity index (χ3n) is 3.55. The zero-order chi connectivity index (χ0) is 19.6. The van der Waals surface area contributed by atoms with Crippen LogP contribution in [0.1, 0.15) is 24.5 Å². The minimum Gasteiger partial charge on any atom is -0.493 e. The summed E-state index contributed by atoms with van der Waals surface area (Å²) in [5.41, 5.74) is 4.78. The van der Waals surface area contributed by atoms with Gasteiger partial charge in [0, 0.05) is 5.69 Å². The third kappa shape index (κ3) is 6.47. The average molecular weight is 369 g/mol. The van der Waals surface area contributed by atoms with Gasteiger partial charge in [-0.3, -0.25) is 9.59 Å². The first-order valence-corrected chi connectivity index (χ1v) is 8.51. The molecule has 0 spiro atoms. The van der Waals surface area contributed by atoms with Gasteiger partial charge in [0.05, 0.1) is 19.9 Å². The first kappa shape index (κ1) is 20.0. The first-order valence-electron chi connectivity index (χ1n) is 8.51. The monoisotopic (exact) mass is 369 g/mol. The van der Waals surface area contributed by atoms with Crippen LogP contribution in [0.25, 0.3) is 0 Å². The Hall–Kier alpha value is -3.35. The molecule has 7 heteroatoms. The van der Waals surface area contributed by atoms with Crippen molar-refractivity contribution < 1.29 is 19.1 Å². The molecule has 0 aromatic heterocycles. The standard InChI is InChI=1S/C20H23N3O4/c1-4-27-17-10-7-15(11-18(17)26-3)13-21-23-20(25)12-19(24)22-16-8-5-14(2)6-9-16/h5-11,13H,4,12H2,1-3H3,(H,22,24)(H,23,25). The molecule has 0 saturated heterocycles. The molecule has 2 aromatic rings. The number of amides is 2. The predicted molar refractivity (Wildman–Crippen MR) is 104 cm³/mol. The first-order chi connectivity index (χ1) is 13.0. The molecule has 2 N–H and O–H groups in total. The van der Waals surface area contributed by atoms with Gasteiger partial charge < -0.3 is 14.8 Å². The molecule has 2 rings (SSSR count). The van der Waals surface area contributed by atoms with Gasteiger partial charge in [0.25, 0.3) is 0 Å². The number of benzene rings is 2. The number of anilines is 1. The third-order valence-corrected chi connectivity index (χ3v) is 3.55. The van der Waals surface area contributed by atoms with Gasteiger partial charge in [-0.25, -0.2) is 5.43 Å². The SMILES string of the molecule is CCOc1ccc(C=NNC(=O)CC(=O)Nc2ccc(C)cc2)cc1OC. The Labute approximate surface area is 158 Å². The van der Waals surface area contributed by atoms with E-state index in [4.69, 9.17) is 9.47 Å². The van der Waals surface area contributed by atoms with E-state index < -0.39 is 11.8 Å². The lowest BCUT2D eigenvalue weighted by Crippen LogP contribution is -2.24. The van der Waals surface area contributed by atoms with Crippen molar-refractivity contribution in [3.8, 4) is 11.5 Å². The van der Waals surface area contributed by atoms with E-state index in [1.165, 1.54) is 6.21 Å². The molecule has 2 aromatic carbocycles. The normalized spacial score (nSPS) is 10.5. The van der Waals surface area contributed by atoms with E-state index in [-0.39, 0.29) is 6.42 Å². The van der Waals surface area contributed by atoms with E-state index in [0.29, 0.717) is 23.8 Å². The minimum absolute atomic E-state index is 0.322. The zero-order valence-electron chi connectivity index (χ0n) is 15.6. The number of rotatable bonds is 8. The second-order valence-electron chi connectivity index (χ2n) is 5.73. The van der Waals surface area contributed by atoms with Gasteiger partial charge in [-0.05, 0) is 49.7 Å². The number of carbonyl (C=O) groups is 2. The Balaban J connectivity index is 1.85. The van der Waals surface area contributed by atoms with Crippen LogP contribution >= 0.6 is 0 Å². The Morgan fingerprint density at radius 2 is 1.81 bits per heavy atom. The highest BCUT2D eigenvalue weighted by Crippen LogP contribution is 2.27. The minimum atomic E-state index is -0.506. The van der Waals surface area contributed by atoms with Gasteiger partial charge >= 0.3 is 0 Å². The molecule has 142 valence electrons. The van der Waals surface area contributed by atoms with E-state index in [9.17, 15) is 9.59 Å². The molecule has 0 atom stereocenters. The van der Waals surface area contributed by atoms with Crippen LogP contribution in [0.2, 0.25) is 0 Å². The Bertz CT molecular complexity index is 816. The number of methoxy groups -OCH3 is 1. The molecule has 0 aliphatic heterocycles. The molecule has 7 nitrogen and oxygen atoms in total. The fraction of sp³-hybridized carbons (Fsp3) is 0.250. The van der Waals surface area contributed by atoms with E-state index in [2.05, 4.69) is 15.8 Å². The summed E-state index contributed by atoms with van der Waals surface area (Å²) in [7, 11) is 1.55. The van der Waals surface area contributed by atoms with Gasteiger partial charge in [-0.15, -0.1) is 0 Å². The van der Waals surface area contributed by atoms with Crippen molar-refractivity contribution in [1.29, 1.82) is 0 Å². The fourth-order valence-corrected chi connectivity index (χ4v) is 2.25. The molecule has 0 radical (unpaired) electrons. The van der Waals surface area contributed by atoms with Crippen LogP contribution in [0.4, 0.5) is 5.69 Å². The van der Waals surface area contributed by atoms with Crippen molar-refractivity contribution in [2.24, 2.45) is 5.10 Å². The number of carbonyl (C=O) groups excluding carboxylic acids is 2. The molecular formula is C20H23N3O4. The van der Waals surface area contributed by atoms with Crippen LogP contribution in [0.15, 0.2) is 47.6 Å². The summed E-state index contributed by atoms with van der Waals surface area (Å²) in [6.45, 7) is 4.38. The van der Waals surface area contributed by atoms with E-state index in [1.54, 1.807) is 37.4 Å². The molecule has 2 amide bonds. The van der Waals surface area contributed by atoms with Crippen molar-refractivity contribution in [1.82, 2.24) is 5.43 Å². The van der Waals surface area contributed by atoms with E-state index in [0.717, 1.165) is 11.1 Å². The molecular weight excluding hydrogens is 346 g/mol. The molecule has 0 saturated carbocycles. The zero-order valence-corrected chi connectivity index (χ0v) is 15.6. The maximum atomic E-state index is 11.9. The number of hydrogen-bond acceptors (Lipinski definition) is 5. The summed E-state index contributed by atoms with van der Waals surface area (Å²) >= 11 is 0. The molecule has 0 fully saturated rings. The van der Waals surface area contributed by atoms with E-state index >= 15 is 0 Å². The topological polar surface area (TPSA) is 89.0 Å². The molecule has 0 aliphatic carbocycles. The summed E-state index contributed by atoms with van der Waals surface area (Å²) in [6.07, 6.45) is 1.14. The molecule has 0 heterocycles. The van der Waals surface area contributed by atoms with Gasteiger partial charge in [0.15, 0.2) is 11.5 Å². The Morgan fingerprint density at radius 1 is 1.07 bits per heavy atom. The highest BCUT2D eigenvalue weighted by atomic mass is 16.5. The number of hydrogen-bond donors (Lipinski definition) is 2. The fourth-order valence-electron chi connectivity index (χ4n) is 2.25. The smallest absolute Gasteiger partial charge is 0.249 e. The second-order valence-corrected chi connectivity index (χ2v) is 5.73. The molecule has 27 heavy (non-hydrogen) atoms. The maximum Gasteiger partial charge on any atom is 0.249 e. The molecule has 0 unspecified atom stereocenters. The second kappa shape index (κ2) is 9.96. The summed E-state index contributed by atoms with van der Waals surface area (Å²) < 4.78 is 10.7. The summed E-state index contributed by atoms with van der Waals surface area (Å²) in [6, 6.07) is 12.6. The highest BCUT2D eigenvalue weighted by Gasteiger charge is 2.09. The predicted octanol–water partition coefficient (Wildman–Crippen LogP) is 2.88. The van der Waals surface area contributed by atoms with Crippen molar-refractivity contribution in [3.63, 3.8) is 0 Å². The lowest BCUT2D eigenvalue weighted by molar-refractivity contribution is -0.126. The van der Waals surface area contributed by atoms with Gasteiger partial charge in [-0.1, -0.05) is 17.7 Å². The molecule has 0 bridgehead atoms. The van der Waals surface area contributed by atoms with Crippen LogP contribution in [0, 0.1) is 6.92 Å².